The fourth-order valence-electron chi connectivity index (χ4n) is 2.96. The second kappa shape index (κ2) is 9.76. The van der Waals surface area contributed by atoms with Crippen LogP contribution >= 0.6 is 27.7 Å². The molecule has 1 amide bonds. The number of methoxy groups -OCH3 is 1. The van der Waals surface area contributed by atoms with Crippen LogP contribution in [-0.2, 0) is 5.75 Å². The first-order valence-electron chi connectivity index (χ1n) is 8.85. The van der Waals surface area contributed by atoms with Gasteiger partial charge in [0.25, 0.3) is 11.6 Å². The van der Waals surface area contributed by atoms with Crippen LogP contribution in [0.2, 0.25) is 0 Å². The lowest BCUT2D eigenvalue weighted by Crippen LogP contribution is -2.25. The van der Waals surface area contributed by atoms with Crippen LogP contribution in [0, 0.1) is 10.1 Å². The van der Waals surface area contributed by atoms with Crippen LogP contribution in [0.25, 0.3) is 10.8 Å². The van der Waals surface area contributed by atoms with Crippen LogP contribution in [0.3, 0.4) is 0 Å². The number of nitro groups is 1. The van der Waals surface area contributed by atoms with Crippen molar-refractivity contribution in [2.24, 2.45) is 0 Å². The molecule has 1 N–H and O–H groups in total. The molecule has 0 aromatic heterocycles. The minimum absolute atomic E-state index is 0.0956. The minimum Gasteiger partial charge on any atom is -0.496 e. The van der Waals surface area contributed by atoms with Crippen molar-refractivity contribution >= 4 is 50.1 Å². The summed E-state index contributed by atoms with van der Waals surface area (Å²) < 4.78 is 6.54. The molecule has 29 heavy (non-hydrogen) atoms. The van der Waals surface area contributed by atoms with Crippen molar-refractivity contribution in [3.05, 3.63) is 80.3 Å². The predicted molar refractivity (Wildman–Crippen MR) is 120 cm³/mol. The van der Waals surface area contributed by atoms with Gasteiger partial charge in [-0.1, -0.05) is 34.1 Å². The molecule has 0 saturated heterocycles. The van der Waals surface area contributed by atoms with Gasteiger partial charge in [-0.05, 0) is 35.0 Å². The molecule has 0 aliphatic rings. The lowest BCUT2D eigenvalue weighted by Gasteiger charge is -2.12. The fraction of sp³-hybridized carbons (Fsp3) is 0.190. The molecule has 0 heterocycles. The van der Waals surface area contributed by atoms with Gasteiger partial charge in [-0.25, -0.2) is 0 Å². The zero-order valence-corrected chi connectivity index (χ0v) is 18.1. The number of nitro benzene ring substituents is 1. The van der Waals surface area contributed by atoms with Crippen molar-refractivity contribution in [1.82, 2.24) is 5.32 Å². The van der Waals surface area contributed by atoms with E-state index in [0.717, 1.165) is 32.3 Å². The molecule has 0 atom stereocenters. The van der Waals surface area contributed by atoms with Gasteiger partial charge in [0.05, 0.1) is 12.0 Å². The number of halogens is 1. The highest BCUT2D eigenvalue weighted by atomic mass is 79.9. The Morgan fingerprint density at radius 3 is 2.79 bits per heavy atom. The van der Waals surface area contributed by atoms with Crippen LogP contribution in [0.1, 0.15) is 15.9 Å². The third kappa shape index (κ3) is 5.27. The molecular formula is C21H19BrN2O4S. The van der Waals surface area contributed by atoms with E-state index in [1.165, 1.54) is 18.2 Å². The fourth-order valence-corrected chi connectivity index (χ4v) is 4.23. The molecule has 0 radical (unpaired) electrons. The number of ether oxygens (including phenoxy) is 1. The molecule has 8 heteroatoms. The predicted octanol–water partition coefficient (Wildman–Crippen LogP) is 5.18. The Morgan fingerprint density at radius 1 is 1.21 bits per heavy atom. The maximum absolute atomic E-state index is 12.2. The van der Waals surface area contributed by atoms with Gasteiger partial charge in [-0.2, -0.15) is 11.8 Å². The summed E-state index contributed by atoms with van der Waals surface area (Å²) in [6, 6.07) is 15.9. The van der Waals surface area contributed by atoms with Gasteiger partial charge in [0.2, 0.25) is 0 Å². The number of hydrogen-bond donors (Lipinski definition) is 1. The van der Waals surface area contributed by atoms with Gasteiger partial charge in [0.1, 0.15) is 5.75 Å². The smallest absolute Gasteiger partial charge is 0.270 e. The van der Waals surface area contributed by atoms with Crippen molar-refractivity contribution in [3.63, 3.8) is 0 Å². The highest BCUT2D eigenvalue weighted by molar-refractivity contribution is 9.10. The number of fused-ring (bicyclic) bond motifs is 1. The molecule has 0 fully saturated rings. The van der Waals surface area contributed by atoms with E-state index in [0.29, 0.717) is 12.3 Å². The number of nitrogens with zero attached hydrogens (tertiary/aromatic N) is 1. The van der Waals surface area contributed by atoms with E-state index in [2.05, 4.69) is 33.4 Å². The first-order valence-corrected chi connectivity index (χ1v) is 10.8. The van der Waals surface area contributed by atoms with Gasteiger partial charge in [0, 0.05) is 45.8 Å². The van der Waals surface area contributed by atoms with Gasteiger partial charge in [0.15, 0.2) is 0 Å². The summed E-state index contributed by atoms with van der Waals surface area (Å²) in [5.74, 6) is 1.97. The molecule has 150 valence electrons. The Labute approximate surface area is 180 Å². The summed E-state index contributed by atoms with van der Waals surface area (Å²) in [5.41, 5.74) is 1.31. The average molecular weight is 475 g/mol. The zero-order chi connectivity index (χ0) is 20.8. The molecule has 0 bridgehead atoms. The van der Waals surface area contributed by atoms with E-state index in [4.69, 9.17) is 4.74 Å². The van der Waals surface area contributed by atoms with Crippen LogP contribution in [0.5, 0.6) is 5.75 Å². The standard InChI is InChI=1S/C21H19BrN2O4S/c1-28-20-8-5-14-11-16(22)6-7-18(14)19(20)13-29-10-9-23-21(25)15-3-2-4-17(12-15)24(26)27/h2-8,11-12H,9-10,13H2,1H3,(H,23,25). The van der Waals surface area contributed by atoms with Crippen molar-refractivity contribution in [3.8, 4) is 5.75 Å². The molecular weight excluding hydrogens is 456 g/mol. The van der Waals surface area contributed by atoms with E-state index in [1.807, 2.05) is 18.2 Å². The van der Waals surface area contributed by atoms with Gasteiger partial charge in [-0.3, -0.25) is 14.9 Å². The number of benzene rings is 3. The van der Waals surface area contributed by atoms with Gasteiger partial charge >= 0.3 is 0 Å². The molecule has 3 aromatic carbocycles. The number of carbonyl (C=O) groups is 1. The quantitative estimate of drug-likeness (QED) is 0.276. The Balaban J connectivity index is 1.58. The molecule has 0 aliphatic carbocycles. The first-order chi connectivity index (χ1) is 14.0. The number of non-ortho nitro benzene ring substituents is 1. The van der Waals surface area contributed by atoms with Gasteiger partial charge in [-0.15, -0.1) is 0 Å². The van der Waals surface area contributed by atoms with Gasteiger partial charge < -0.3 is 10.1 Å². The Kier molecular flexibility index (Phi) is 7.11. The monoisotopic (exact) mass is 474 g/mol. The molecule has 0 saturated carbocycles. The number of hydrogen-bond acceptors (Lipinski definition) is 5. The second-order valence-electron chi connectivity index (χ2n) is 6.23. The molecule has 0 unspecified atom stereocenters. The van der Waals surface area contributed by atoms with E-state index < -0.39 is 4.92 Å². The normalized spacial score (nSPS) is 10.7. The summed E-state index contributed by atoms with van der Waals surface area (Å²) in [6.07, 6.45) is 0. The van der Waals surface area contributed by atoms with Crippen molar-refractivity contribution in [1.29, 1.82) is 0 Å². The Morgan fingerprint density at radius 2 is 2.03 bits per heavy atom. The average Bonchev–Trinajstić information content (AvgIpc) is 2.73. The maximum atomic E-state index is 12.2. The number of thioether (sulfide) groups is 1. The highest BCUT2D eigenvalue weighted by Gasteiger charge is 2.12. The largest absolute Gasteiger partial charge is 0.496 e. The third-order valence-electron chi connectivity index (χ3n) is 4.37. The lowest BCUT2D eigenvalue weighted by atomic mass is 10.0. The number of carbonyl (C=O) groups excluding carboxylic acids is 1. The van der Waals surface area contributed by atoms with Crippen LogP contribution in [0.15, 0.2) is 59.1 Å². The van der Waals surface area contributed by atoms with E-state index >= 15 is 0 Å². The summed E-state index contributed by atoms with van der Waals surface area (Å²) in [4.78, 5) is 22.5. The number of rotatable bonds is 8. The van der Waals surface area contributed by atoms with E-state index in [1.54, 1.807) is 24.9 Å². The molecule has 0 spiro atoms. The van der Waals surface area contributed by atoms with Crippen molar-refractivity contribution in [2.45, 2.75) is 5.75 Å². The maximum Gasteiger partial charge on any atom is 0.270 e. The molecule has 3 rings (SSSR count). The minimum atomic E-state index is -0.511. The summed E-state index contributed by atoms with van der Waals surface area (Å²) in [7, 11) is 1.66. The Bertz CT molecular complexity index is 1060. The molecule has 6 nitrogen and oxygen atoms in total. The summed E-state index contributed by atoms with van der Waals surface area (Å²) in [6.45, 7) is 0.463. The Hall–Kier alpha value is -2.58. The summed E-state index contributed by atoms with van der Waals surface area (Å²) >= 11 is 5.18. The lowest BCUT2D eigenvalue weighted by molar-refractivity contribution is -0.384. The zero-order valence-electron chi connectivity index (χ0n) is 15.7. The molecule has 3 aromatic rings. The van der Waals surface area contributed by atoms with E-state index in [-0.39, 0.29) is 17.2 Å². The summed E-state index contributed by atoms with van der Waals surface area (Å²) in [5, 5.41) is 15.9. The second-order valence-corrected chi connectivity index (χ2v) is 8.25. The van der Waals surface area contributed by atoms with Crippen LogP contribution in [0.4, 0.5) is 5.69 Å². The van der Waals surface area contributed by atoms with Crippen LogP contribution in [-0.4, -0.2) is 30.2 Å². The van der Waals surface area contributed by atoms with Crippen molar-refractivity contribution in [2.75, 3.05) is 19.4 Å². The highest BCUT2D eigenvalue weighted by Crippen LogP contribution is 2.32. The topological polar surface area (TPSA) is 81.5 Å². The molecule has 0 aliphatic heterocycles. The van der Waals surface area contributed by atoms with E-state index in [9.17, 15) is 14.9 Å². The number of nitrogens with one attached hydrogen (secondary N) is 1. The SMILES string of the molecule is COc1ccc2cc(Br)ccc2c1CSCCNC(=O)c1cccc([N+](=O)[O-])c1. The number of amides is 1. The van der Waals surface area contributed by atoms with Crippen molar-refractivity contribution < 1.29 is 14.5 Å². The third-order valence-corrected chi connectivity index (χ3v) is 5.85. The van der Waals surface area contributed by atoms with Crippen LogP contribution < -0.4 is 10.1 Å². The first kappa shape index (κ1) is 21.1.